The Bertz CT molecular complexity index is 207. The third-order valence-corrected chi connectivity index (χ3v) is 2.55. The van der Waals surface area contributed by atoms with Gasteiger partial charge >= 0.3 is 5.97 Å². The highest BCUT2D eigenvalue weighted by Crippen LogP contribution is 2.37. The van der Waals surface area contributed by atoms with Crippen LogP contribution in [0.1, 0.15) is 46.5 Å². The van der Waals surface area contributed by atoms with Gasteiger partial charge in [0.15, 0.2) is 0 Å². The molecule has 0 spiro atoms. The van der Waals surface area contributed by atoms with Crippen molar-refractivity contribution >= 4 is 5.97 Å². The fraction of sp³-hybridized carbons (Fsp3) is 0.900. The van der Waals surface area contributed by atoms with Gasteiger partial charge in [-0.2, -0.15) is 0 Å². The zero-order valence-electron chi connectivity index (χ0n) is 8.72. The van der Waals surface area contributed by atoms with Crippen LogP contribution in [0.15, 0.2) is 0 Å². The van der Waals surface area contributed by atoms with Gasteiger partial charge in [0.25, 0.3) is 0 Å². The highest BCUT2D eigenvalue weighted by atomic mass is 16.6. The number of hydrogen-bond donors (Lipinski definition) is 1. The Morgan fingerprint density at radius 1 is 1.54 bits per heavy atom. The topological polar surface area (TPSA) is 52.3 Å². The molecule has 0 aliphatic heterocycles. The van der Waals surface area contributed by atoms with Crippen LogP contribution >= 0.6 is 0 Å². The van der Waals surface area contributed by atoms with Crippen LogP contribution in [0.3, 0.4) is 0 Å². The van der Waals surface area contributed by atoms with E-state index in [-0.39, 0.29) is 11.5 Å². The smallest absolute Gasteiger partial charge is 0.303 e. The van der Waals surface area contributed by atoms with E-state index in [4.69, 9.17) is 10.5 Å². The molecule has 3 nitrogen and oxygen atoms in total. The summed E-state index contributed by atoms with van der Waals surface area (Å²) >= 11 is 0. The molecule has 1 saturated carbocycles. The number of rotatable bonds is 3. The average molecular weight is 185 g/mol. The Morgan fingerprint density at radius 2 is 2.08 bits per heavy atom. The summed E-state index contributed by atoms with van der Waals surface area (Å²) in [4.78, 5) is 10.8. The molecule has 0 radical (unpaired) electrons. The van der Waals surface area contributed by atoms with Gasteiger partial charge in [-0.3, -0.25) is 4.79 Å². The van der Waals surface area contributed by atoms with Gasteiger partial charge < -0.3 is 10.5 Å². The average Bonchev–Trinajstić information content (AvgIpc) is 1.79. The first-order valence-electron chi connectivity index (χ1n) is 4.82. The molecule has 3 heteroatoms. The Morgan fingerprint density at radius 3 is 2.38 bits per heavy atom. The third-order valence-electron chi connectivity index (χ3n) is 2.55. The van der Waals surface area contributed by atoms with Gasteiger partial charge in [0.05, 0.1) is 0 Å². The lowest BCUT2D eigenvalue weighted by Crippen LogP contribution is -2.51. The van der Waals surface area contributed by atoms with Gasteiger partial charge in [-0.25, -0.2) is 0 Å². The van der Waals surface area contributed by atoms with Crippen molar-refractivity contribution in [2.24, 2.45) is 5.73 Å². The molecule has 0 aromatic heterocycles. The van der Waals surface area contributed by atoms with Crippen molar-refractivity contribution in [3.05, 3.63) is 0 Å². The van der Waals surface area contributed by atoms with Gasteiger partial charge in [-0.05, 0) is 33.1 Å². The van der Waals surface area contributed by atoms with Crippen molar-refractivity contribution in [1.82, 2.24) is 0 Å². The summed E-state index contributed by atoms with van der Waals surface area (Å²) in [5.41, 5.74) is 5.57. The molecule has 0 aromatic rings. The van der Waals surface area contributed by atoms with Crippen LogP contribution in [0.2, 0.25) is 0 Å². The number of esters is 1. The Hall–Kier alpha value is -0.570. The number of ether oxygens (including phenoxy) is 1. The first kappa shape index (κ1) is 10.5. The van der Waals surface area contributed by atoms with E-state index in [1.165, 1.54) is 13.3 Å². The van der Waals surface area contributed by atoms with E-state index in [1.54, 1.807) is 0 Å². The molecule has 0 bridgehead atoms. The van der Waals surface area contributed by atoms with Crippen molar-refractivity contribution in [2.45, 2.75) is 57.6 Å². The van der Waals surface area contributed by atoms with Gasteiger partial charge in [0.2, 0.25) is 0 Å². The quantitative estimate of drug-likeness (QED) is 0.679. The van der Waals surface area contributed by atoms with Crippen LogP contribution < -0.4 is 5.73 Å². The van der Waals surface area contributed by atoms with Gasteiger partial charge in [-0.15, -0.1) is 0 Å². The maximum Gasteiger partial charge on any atom is 0.303 e. The van der Waals surface area contributed by atoms with Gasteiger partial charge in [0.1, 0.15) is 5.60 Å². The highest BCUT2D eigenvalue weighted by Gasteiger charge is 2.39. The Labute approximate surface area is 79.6 Å². The summed E-state index contributed by atoms with van der Waals surface area (Å²) in [6.07, 6.45) is 4.07. The minimum atomic E-state index is -0.416. The van der Waals surface area contributed by atoms with Gasteiger partial charge in [0, 0.05) is 18.9 Å². The summed E-state index contributed by atoms with van der Waals surface area (Å²) < 4.78 is 5.19. The molecule has 1 aliphatic carbocycles. The largest absolute Gasteiger partial charge is 0.460 e. The van der Waals surface area contributed by atoms with E-state index in [0.29, 0.717) is 0 Å². The van der Waals surface area contributed by atoms with E-state index in [2.05, 4.69) is 0 Å². The first-order chi connectivity index (χ1) is 5.83. The summed E-state index contributed by atoms with van der Waals surface area (Å²) in [6, 6.07) is 0. The monoisotopic (exact) mass is 185 g/mol. The Balaban J connectivity index is 2.45. The molecule has 13 heavy (non-hydrogen) atoms. The fourth-order valence-electron chi connectivity index (χ4n) is 2.08. The molecular formula is C10H19NO2. The molecule has 2 N–H and O–H groups in total. The molecule has 0 amide bonds. The van der Waals surface area contributed by atoms with E-state index in [0.717, 1.165) is 19.3 Å². The summed E-state index contributed by atoms with van der Waals surface area (Å²) in [5.74, 6) is -0.229. The van der Waals surface area contributed by atoms with Crippen LogP contribution in [-0.4, -0.2) is 17.1 Å². The SMILES string of the molecule is CC(=O)OC(C)(C)CC1(N)CCC1. The number of hydrogen-bond acceptors (Lipinski definition) is 3. The van der Waals surface area contributed by atoms with Gasteiger partial charge in [-0.1, -0.05) is 0 Å². The molecular weight excluding hydrogens is 166 g/mol. The zero-order chi connectivity index (χ0) is 10.1. The third kappa shape index (κ3) is 2.99. The van der Waals surface area contributed by atoms with Crippen molar-refractivity contribution < 1.29 is 9.53 Å². The van der Waals surface area contributed by atoms with Crippen molar-refractivity contribution in [3.8, 4) is 0 Å². The van der Waals surface area contributed by atoms with Crippen molar-refractivity contribution in [3.63, 3.8) is 0 Å². The van der Waals surface area contributed by atoms with E-state index >= 15 is 0 Å². The zero-order valence-corrected chi connectivity index (χ0v) is 8.72. The molecule has 1 fully saturated rings. The minimum Gasteiger partial charge on any atom is -0.460 e. The standard InChI is InChI=1S/C10H19NO2/c1-8(12)13-9(2,3)7-10(11)5-4-6-10/h4-7,11H2,1-3H3. The molecule has 0 atom stereocenters. The second-order valence-corrected chi connectivity index (χ2v) is 4.75. The summed E-state index contributed by atoms with van der Waals surface area (Å²) in [6.45, 7) is 5.27. The lowest BCUT2D eigenvalue weighted by molar-refractivity contribution is -0.156. The lowest BCUT2D eigenvalue weighted by atomic mass is 9.71. The molecule has 76 valence electrons. The molecule has 0 aromatic carbocycles. The van der Waals surface area contributed by atoms with Crippen molar-refractivity contribution in [1.29, 1.82) is 0 Å². The van der Waals surface area contributed by atoms with E-state index in [9.17, 15) is 4.79 Å². The molecule has 0 unspecified atom stereocenters. The minimum absolute atomic E-state index is 0.0844. The number of carbonyl (C=O) groups excluding carboxylic acids is 1. The predicted molar refractivity (Wildman–Crippen MR) is 51.2 cm³/mol. The normalized spacial score (nSPS) is 20.6. The van der Waals surface area contributed by atoms with E-state index in [1.807, 2.05) is 13.8 Å². The molecule has 1 aliphatic rings. The maximum atomic E-state index is 10.8. The number of nitrogens with two attached hydrogens (primary N) is 1. The molecule has 0 heterocycles. The van der Waals surface area contributed by atoms with Crippen molar-refractivity contribution in [2.75, 3.05) is 0 Å². The fourth-order valence-corrected chi connectivity index (χ4v) is 2.08. The predicted octanol–water partition coefficient (Wildman–Crippen LogP) is 1.60. The lowest BCUT2D eigenvalue weighted by Gasteiger charge is -2.43. The highest BCUT2D eigenvalue weighted by molar-refractivity contribution is 5.66. The second kappa shape index (κ2) is 3.29. The summed E-state index contributed by atoms with van der Waals surface area (Å²) in [5, 5.41) is 0. The summed E-state index contributed by atoms with van der Waals surface area (Å²) in [7, 11) is 0. The second-order valence-electron chi connectivity index (χ2n) is 4.75. The van der Waals surface area contributed by atoms with Crippen LogP contribution in [0.4, 0.5) is 0 Å². The van der Waals surface area contributed by atoms with E-state index < -0.39 is 5.60 Å². The Kier molecular flexibility index (Phi) is 2.66. The number of carbonyl (C=O) groups is 1. The maximum absolute atomic E-state index is 10.8. The van der Waals surface area contributed by atoms with Crippen LogP contribution in [-0.2, 0) is 9.53 Å². The van der Waals surface area contributed by atoms with Crippen LogP contribution in [0.5, 0.6) is 0 Å². The molecule has 1 rings (SSSR count). The molecule has 0 saturated heterocycles. The van der Waals surface area contributed by atoms with Crippen LogP contribution in [0.25, 0.3) is 0 Å². The van der Waals surface area contributed by atoms with Crippen LogP contribution in [0, 0.1) is 0 Å². The first-order valence-corrected chi connectivity index (χ1v) is 4.82.